The molecule has 5 nitrogen and oxygen atoms in total. The van der Waals surface area contributed by atoms with E-state index in [4.69, 9.17) is 33.0 Å². The number of halogens is 2. The molecule has 1 amide bonds. The zero-order chi connectivity index (χ0) is 16.4. The molecule has 0 saturated carbocycles. The molecule has 22 heavy (non-hydrogen) atoms. The minimum Gasteiger partial charge on any atom is -0.481 e. The summed E-state index contributed by atoms with van der Waals surface area (Å²) in [5.74, 6) is -1.25. The Bertz CT molecular complexity index is 573. The number of amides is 1. The Morgan fingerprint density at radius 1 is 1.32 bits per heavy atom. The molecular weight excluding hydrogens is 329 g/mol. The van der Waals surface area contributed by atoms with E-state index < -0.39 is 18.0 Å². The monoisotopic (exact) mass is 345 g/mol. The van der Waals surface area contributed by atoms with Crippen LogP contribution in [0.2, 0.25) is 10.0 Å². The highest BCUT2D eigenvalue weighted by Gasteiger charge is 2.39. The van der Waals surface area contributed by atoms with Gasteiger partial charge < -0.3 is 14.7 Å². The van der Waals surface area contributed by atoms with Crippen LogP contribution in [0, 0.1) is 5.92 Å². The van der Waals surface area contributed by atoms with Gasteiger partial charge in [-0.25, -0.2) is 0 Å². The van der Waals surface area contributed by atoms with Gasteiger partial charge >= 0.3 is 5.97 Å². The number of hydrogen-bond acceptors (Lipinski definition) is 3. The predicted molar refractivity (Wildman–Crippen MR) is 83.5 cm³/mol. The quantitative estimate of drug-likeness (QED) is 0.910. The number of likely N-dealkylation sites (tertiary alicyclic amines) is 1. The van der Waals surface area contributed by atoms with Gasteiger partial charge in [0.1, 0.15) is 5.75 Å². The van der Waals surface area contributed by atoms with E-state index in [1.807, 2.05) is 0 Å². The molecule has 3 atom stereocenters. The first kappa shape index (κ1) is 16.9. The first-order valence-corrected chi connectivity index (χ1v) is 7.71. The second kappa shape index (κ2) is 6.75. The standard InChI is InChI=1S/C15H17Cl2NO4/c1-8-13(15(20)21)3-4-18(8)14(19)9(2)22-12-6-10(16)5-11(17)7-12/h5-9,13H,3-4H2,1-2H3,(H,20,21). The fourth-order valence-electron chi connectivity index (χ4n) is 2.67. The number of aliphatic carboxylic acids is 1. The Morgan fingerprint density at radius 3 is 2.41 bits per heavy atom. The van der Waals surface area contributed by atoms with Crippen molar-refractivity contribution in [3.05, 3.63) is 28.2 Å². The van der Waals surface area contributed by atoms with E-state index in [0.717, 1.165) is 0 Å². The summed E-state index contributed by atoms with van der Waals surface area (Å²) >= 11 is 11.8. The Morgan fingerprint density at radius 2 is 1.91 bits per heavy atom. The van der Waals surface area contributed by atoms with Crippen LogP contribution in [0.3, 0.4) is 0 Å². The summed E-state index contributed by atoms with van der Waals surface area (Å²) in [6.45, 7) is 3.78. The van der Waals surface area contributed by atoms with E-state index in [2.05, 4.69) is 0 Å². The second-order valence-corrected chi connectivity index (χ2v) is 6.24. The van der Waals surface area contributed by atoms with Gasteiger partial charge in [-0.15, -0.1) is 0 Å². The topological polar surface area (TPSA) is 66.8 Å². The lowest BCUT2D eigenvalue weighted by Gasteiger charge is -2.26. The van der Waals surface area contributed by atoms with Gasteiger partial charge in [-0.05, 0) is 38.5 Å². The molecule has 7 heteroatoms. The Labute approximate surface area is 138 Å². The summed E-state index contributed by atoms with van der Waals surface area (Å²) in [5, 5.41) is 9.96. The number of hydrogen-bond donors (Lipinski definition) is 1. The zero-order valence-electron chi connectivity index (χ0n) is 12.3. The zero-order valence-corrected chi connectivity index (χ0v) is 13.8. The third-order valence-corrected chi connectivity index (χ3v) is 4.29. The van der Waals surface area contributed by atoms with Gasteiger partial charge in [-0.1, -0.05) is 23.2 Å². The van der Waals surface area contributed by atoms with Crippen LogP contribution in [-0.4, -0.2) is 40.6 Å². The Kier molecular flexibility index (Phi) is 5.19. The van der Waals surface area contributed by atoms with Crippen molar-refractivity contribution in [3.63, 3.8) is 0 Å². The molecule has 0 aromatic heterocycles. The molecule has 0 aliphatic carbocycles. The lowest BCUT2D eigenvalue weighted by atomic mass is 10.0. The van der Waals surface area contributed by atoms with Gasteiger partial charge in [0.2, 0.25) is 0 Å². The summed E-state index contributed by atoms with van der Waals surface area (Å²) in [6, 6.07) is 4.37. The molecule has 2 rings (SSSR count). The maximum Gasteiger partial charge on any atom is 0.308 e. The van der Waals surface area contributed by atoms with E-state index in [-0.39, 0.29) is 11.9 Å². The number of carbonyl (C=O) groups excluding carboxylic acids is 1. The first-order chi connectivity index (χ1) is 10.3. The third-order valence-electron chi connectivity index (χ3n) is 3.85. The van der Waals surface area contributed by atoms with Crippen LogP contribution in [0.1, 0.15) is 20.3 Å². The SMILES string of the molecule is CC(Oc1cc(Cl)cc(Cl)c1)C(=O)N1CCC(C(=O)O)C1C. The maximum absolute atomic E-state index is 12.4. The minimum absolute atomic E-state index is 0.243. The number of ether oxygens (including phenoxy) is 1. The summed E-state index contributed by atoms with van der Waals surface area (Å²) in [7, 11) is 0. The molecule has 1 fully saturated rings. The highest BCUT2D eigenvalue weighted by molar-refractivity contribution is 6.34. The van der Waals surface area contributed by atoms with Crippen molar-refractivity contribution in [1.29, 1.82) is 0 Å². The van der Waals surface area contributed by atoms with Gasteiger partial charge in [0, 0.05) is 22.6 Å². The highest BCUT2D eigenvalue weighted by Crippen LogP contribution is 2.27. The molecule has 1 aromatic rings. The second-order valence-electron chi connectivity index (χ2n) is 5.37. The molecule has 1 saturated heterocycles. The van der Waals surface area contributed by atoms with Crippen LogP contribution in [0.4, 0.5) is 0 Å². The summed E-state index contributed by atoms with van der Waals surface area (Å²) in [6.07, 6.45) is -0.290. The van der Waals surface area contributed by atoms with Crippen LogP contribution in [0.25, 0.3) is 0 Å². The normalized spacial score (nSPS) is 22.5. The van der Waals surface area contributed by atoms with Gasteiger partial charge in [-0.3, -0.25) is 9.59 Å². The van der Waals surface area contributed by atoms with Crippen LogP contribution < -0.4 is 4.74 Å². The fourth-order valence-corrected chi connectivity index (χ4v) is 3.17. The maximum atomic E-state index is 12.4. The van der Waals surface area contributed by atoms with Gasteiger partial charge in [-0.2, -0.15) is 0 Å². The van der Waals surface area contributed by atoms with E-state index in [0.29, 0.717) is 28.8 Å². The van der Waals surface area contributed by atoms with Crippen LogP contribution >= 0.6 is 23.2 Å². The average Bonchev–Trinajstić information content (AvgIpc) is 2.78. The van der Waals surface area contributed by atoms with Gasteiger partial charge in [0.25, 0.3) is 5.91 Å². The van der Waals surface area contributed by atoms with E-state index in [1.54, 1.807) is 36.9 Å². The van der Waals surface area contributed by atoms with Crippen molar-refractivity contribution < 1.29 is 19.4 Å². The Balaban J connectivity index is 2.05. The molecule has 3 unspecified atom stereocenters. The van der Waals surface area contributed by atoms with Crippen molar-refractivity contribution in [1.82, 2.24) is 4.90 Å². The average molecular weight is 346 g/mol. The molecule has 120 valence electrons. The molecule has 0 spiro atoms. The molecule has 0 radical (unpaired) electrons. The van der Waals surface area contributed by atoms with E-state index >= 15 is 0 Å². The first-order valence-electron chi connectivity index (χ1n) is 6.95. The van der Waals surface area contributed by atoms with Gasteiger partial charge in [0.05, 0.1) is 5.92 Å². The molecule has 0 bridgehead atoms. The lowest BCUT2D eigenvalue weighted by molar-refractivity contribution is -0.144. The van der Waals surface area contributed by atoms with Crippen LogP contribution in [0.15, 0.2) is 18.2 Å². The third kappa shape index (κ3) is 3.65. The largest absolute Gasteiger partial charge is 0.481 e. The smallest absolute Gasteiger partial charge is 0.308 e. The van der Waals surface area contributed by atoms with Crippen molar-refractivity contribution in [2.75, 3.05) is 6.54 Å². The number of carboxylic acid groups (broad SMARTS) is 1. The molecule has 1 N–H and O–H groups in total. The molecule has 1 aliphatic heterocycles. The number of carbonyl (C=O) groups is 2. The molecule has 1 aromatic carbocycles. The van der Waals surface area contributed by atoms with Crippen molar-refractivity contribution in [3.8, 4) is 5.75 Å². The lowest BCUT2D eigenvalue weighted by Crippen LogP contribution is -2.44. The summed E-state index contributed by atoms with van der Waals surface area (Å²) in [4.78, 5) is 25.1. The molecule has 1 aliphatic rings. The van der Waals surface area contributed by atoms with E-state index in [1.165, 1.54) is 0 Å². The fraction of sp³-hybridized carbons (Fsp3) is 0.467. The van der Waals surface area contributed by atoms with E-state index in [9.17, 15) is 9.59 Å². The Hall–Kier alpha value is -1.46. The number of rotatable bonds is 4. The van der Waals surface area contributed by atoms with Crippen molar-refractivity contribution >= 4 is 35.1 Å². The molecular formula is C15H17Cl2NO4. The van der Waals surface area contributed by atoms with Crippen molar-refractivity contribution in [2.45, 2.75) is 32.4 Å². The van der Waals surface area contributed by atoms with Crippen LogP contribution in [-0.2, 0) is 9.59 Å². The predicted octanol–water partition coefficient (Wildman–Crippen LogP) is 3.08. The number of carboxylic acids is 1. The minimum atomic E-state index is -0.877. The summed E-state index contributed by atoms with van der Waals surface area (Å²) < 4.78 is 5.59. The van der Waals surface area contributed by atoms with Gasteiger partial charge in [0.15, 0.2) is 6.10 Å². The highest BCUT2D eigenvalue weighted by atomic mass is 35.5. The van der Waals surface area contributed by atoms with Crippen LogP contribution in [0.5, 0.6) is 5.75 Å². The van der Waals surface area contributed by atoms with Crippen molar-refractivity contribution in [2.24, 2.45) is 5.92 Å². The number of nitrogens with zero attached hydrogens (tertiary/aromatic N) is 1. The number of benzene rings is 1. The summed E-state index contributed by atoms with van der Waals surface area (Å²) in [5.41, 5.74) is 0. The molecule has 1 heterocycles.